The predicted octanol–water partition coefficient (Wildman–Crippen LogP) is 3.24. The molecule has 5 heteroatoms. The fourth-order valence-corrected chi connectivity index (χ4v) is 4.37. The van der Waals surface area contributed by atoms with Crippen molar-refractivity contribution >= 4 is 11.6 Å². The lowest BCUT2D eigenvalue weighted by Gasteiger charge is -2.46. The van der Waals surface area contributed by atoms with Gasteiger partial charge in [0.15, 0.2) is 0 Å². The van der Waals surface area contributed by atoms with E-state index in [4.69, 9.17) is 0 Å². The van der Waals surface area contributed by atoms with Crippen molar-refractivity contribution in [3.05, 3.63) is 35.3 Å². The van der Waals surface area contributed by atoms with E-state index in [9.17, 15) is 4.79 Å². The zero-order valence-corrected chi connectivity index (χ0v) is 16.2. The van der Waals surface area contributed by atoms with Crippen LogP contribution in [0, 0.1) is 6.92 Å². The number of pyridine rings is 1. The highest BCUT2D eigenvalue weighted by atomic mass is 16.1. The quantitative estimate of drug-likeness (QED) is 0.900. The summed E-state index contributed by atoms with van der Waals surface area (Å²) in [5, 5.41) is 6.89. The van der Waals surface area contributed by atoms with E-state index < -0.39 is 0 Å². The summed E-state index contributed by atoms with van der Waals surface area (Å²) in [6.07, 6.45) is 4.65. The molecule has 0 saturated carbocycles. The summed E-state index contributed by atoms with van der Waals surface area (Å²) in [6, 6.07) is 3.97. The molecular formula is C20H30N4O. The molecule has 1 fully saturated rings. The van der Waals surface area contributed by atoms with Gasteiger partial charge in [0.05, 0.1) is 11.3 Å². The van der Waals surface area contributed by atoms with Gasteiger partial charge < -0.3 is 15.0 Å². The van der Waals surface area contributed by atoms with E-state index >= 15 is 0 Å². The molecule has 0 unspecified atom stereocenters. The van der Waals surface area contributed by atoms with Gasteiger partial charge in [0, 0.05) is 29.0 Å². The van der Waals surface area contributed by atoms with Gasteiger partial charge in [0.25, 0.3) is 5.91 Å². The van der Waals surface area contributed by atoms with Crippen molar-refractivity contribution in [3.63, 3.8) is 0 Å². The number of fused-ring (bicyclic) bond motifs is 1. The Morgan fingerprint density at radius 3 is 2.52 bits per heavy atom. The number of carbonyl (C=O) groups excluding carboxylic acids is 1. The first-order chi connectivity index (χ1) is 11.6. The summed E-state index contributed by atoms with van der Waals surface area (Å²) in [7, 11) is 0. The van der Waals surface area contributed by atoms with E-state index in [1.54, 1.807) is 0 Å². The van der Waals surface area contributed by atoms with Crippen molar-refractivity contribution < 1.29 is 4.79 Å². The minimum atomic E-state index is -0.00783. The number of nitrogens with one attached hydrogen (secondary N) is 2. The Morgan fingerprint density at radius 1 is 1.28 bits per heavy atom. The Labute approximate surface area is 150 Å². The molecule has 1 amide bonds. The molecular weight excluding hydrogens is 312 g/mol. The standard InChI is InChI=1S/C20H30N4O/c1-7-16-13(2)24-12-14(8-9-17(24)22-16)18(25)21-15-10-19(3,4)23-20(5,6)11-15/h8-9,12,15,23H,7,10-11H2,1-6H3,(H,21,25). The normalized spacial score (nSPS) is 19.9. The molecule has 2 N–H and O–H groups in total. The van der Waals surface area contributed by atoms with Gasteiger partial charge in [0.1, 0.15) is 5.65 Å². The van der Waals surface area contributed by atoms with Crippen LogP contribution in [-0.4, -0.2) is 32.4 Å². The van der Waals surface area contributed by atoms with Gasteiger partial charge in [-0.25, -0.2) is 4.98 Å². The molecule has 3 rings (SSSR count). The van der Waals surface area contributed by atoms with Crippen molar-refractivity contribution in [2.45, 2.75) is 77.9 Å². The molecule has 0 atom stereocenters. The Kier molecular flexibility index (Phi) is 4.40. The molecule has 25 heavy (non-hydrogen) atoms. The predicted molar refractivity (Wildman–Crippen MR) is 101 cm³/mol. The molecule has 1 saturated heterocycles. The number of imidazole rings is 1. The van der Waals surface area contributed by atoms with Crippen LogP contribution < -0.4 is 10.6 Å². The lowest BCUT2D eigenvalue weighted by Crippen LogP contribution is -2.62. The van der Waals surface area contributed by atoms with E-state index in [-0.39, 0.29) is 23.0 Å². The summed E-state index contributed by atoms with van der Waals surface area (Å²) < 4.78 is 2.02. The van der Waals surface area contributed by atoms with Crippen molar-refractivity contribution in [2.24, 2.45) is 0 Å². The molecule has 136 valence electrons. The molecule has 3 heterocycles. The van der Waals surface area contributed by atoms with Crippen LogP contribution in [0.25, 0.3) is 5.65 Å². The molecule has 1 aliphatic rings. The van der Waals surface area contributed by atoms with Gasteiger partial charge in [0.2, 0.25) is 0 Å². The number of hydrogen-bond donors (Lipinski definition) is 2. The number of piperidine rings is 1. The third-order valence-electron chi connectivity index (χ3n) is 5.08. The van der Waals surface area contributed by atoms with Gasteiger partial charge in [-0.2, -0.15) is 0 Å². The van der Waals surface area contributed by atoms with E-state index in [1.165, 1.54) is 0 Å². The first-order valence-corrected chi connectivity index (χ1v) is 9.18. The van der Waals surface area contributed by atoms with Gasteiger partial charge in [-0.1, -0.05) is 6.92 Å². The van der Waals surface area contributed by atoms with Crippen LogP contribution in [0.15, 0.2) is 18.3 Å². The highest BCUT2D eigenvalue weighted by molar-refractivity contribution is 5.94. The van der Waals surface area contributed by atoms with E-state index in [2.05, 4.69) is 57.2 Å². The second-order valence-corrected chi connectivity index (χ2v) is 8.61. The molecule has 5 nitrogen and oxygen atoms in total. The van der Waals surface area contributed by atoms with Crippen molar-refractivity contribution in [2.75, 3.05) is 0 Å². The smallest absolute Gasteiger partial charge is 0.252 e. The Bertz CT molecular complexity index is 787. The molecule has 0 aromatic carbocycles. The van der Waals surface area contributed by atoms with Crippen LogP contribution in [-0.2, 0) is 6.42 Å². The lowest BCUT2D eigenvalue weighted by atomic mass is 9.79. The zero-order chi connectivity index (χ0) is 18.4. The van der Waals surface area contributed by atoms with Crippen molar-refractivity contribution in [3.8, 4) is 0 Å². The summed E-state index contributed by atoms with van der Waals surface area (Å²) in [5.41, 5.74) is 3.80. The van der Waals surface area contributed by atoms with Gasteiger partial charge in [-0.05, 0) is 66.0 Å². The summed E-state index contributed by atoms with van der Waals surface area (Å²) in [4.78, 5) is 17.4. The van der Waals surface area contributed by atoms with Crippen molar-refractivity contribution in [1.29, 1.82) is 0 Å². The average Bonchev–Trinajstić information content (AvgIpc) is 2.80. The number of aromatic nitrogens is 2. The maximum absolute atomic E-state index is 12.8. The SMILES string of the molecule is CCc1nc2ccc(C(=O)NC3CC(C)(C)NC(C)(C)C3)cn2c1C. The lowest BCUT2D eigenvalue weighted by molar-refractivity contribution is 0.0872. The number of hydrogen-bond acceptors (Lipinski definition) is 3. The number of carbonyl (C=O) groups is 1. The van der Waals surface area contributed by atoms with E-state index in [0.717, 1.165) is 36.3 Å². The Balaban J connectivity index is 1.81. The van der Waals surface area contributed by atoms with Crippen LogP contribution >= 0.6 is 0 Å². The molecule has 0 spiro atoms. The van der Waals surface area contributed by atoms with Crippen LogP contribution in [0.1, 0.15) is 69.2 Å². The second kappa shape index (κ2) is 6.13. The Hall–Kier alpha value is -1.88. The highest BCUT2D eigenvalue weighted by Gasteiger charge is 2.38. The topological polar surface area (TPSA) is 58.4 Å². The molecule has 2 aromatic rings. The second-order valence-electron chi connectivity index (χ2n) is 8.61. The Morgan fingerprint density at radius 2 is 1.92 bits per heavy atom. The monoisotopic (exact) mass is 342 g/mol. The maximum atomic E-state index is 12.8. The fraction of sp³-hybridized carbons (Fsp3) is 0.600. The molecule has 0 bridgehead atoms. The van der Waals surface area contributed by atoms with Crippen LogP contribution in [0.5, 0.6) is 0 Å². The third-order valence-corrected chi connectivity index (χ3v) is 5.08. The molecule has 1 aliphatic heterocycles. The van der Waals surface area contributed by atoms with Crippen molar-refractivity contribution in [1.82, 2.24) is 20.0 Å². The zero-order valence-electron chi connectivity index (χ0n) is 16.2. The first kappa shape index (κ1) is 17.9. The number of rotatable bonds is 3. The molecule has 0 aliphatic carbocycles. The largest absolute Gasteiger partial charge is 0.349 e. The number of amides is 1. The summed E-state index contributed by atoms with van der Waals surface area (Å²) in [5.74, 6) is -0.00783. The van der Waals surface area contributed by atoms with E-state index in [1.807, 2.05) is 22.7 Å². The third kappa shape index (κ3) is 3.71. The van der Waals surface area contributed by atoms with Crippen LogP contribution in [0.2, 0.25) is 0 Å². The minimum Gasteiger partial charge on any atom is -0.349 e. The highest BCUT2D eigenvalue weighted by Crippen LogP contribution is 2.28. The minimum absolute atomic E-state index is 0.00783. The number of aryl methyl sites for hydroxylation is 2. The summed E-state index contributed by atoms with van der Waals surface area (Å²) in [6.45, 7) is 12.9. The average molecular weight is 342 g/mol. The fourth-order valence-electron chi connectivity index (χ4n) is 4.37. The first-order valence-electron chi connectivity index (χ1n) is 9.18. The van der Waals surface area contributed by atoms with Gasteiger partial charge in [-0.3, -0.25) is 4.79 Å². The van der Waals surface area contributed by atoms with Gasteiger partial charge >= 0.3 is 0 Å². The van der Waals surface area contributed by atoms with Crippen LogP contribution in [0.4, 0.5) is 0 Å². The molecule has 2 aromatic heterocycles. The van der Waals surface area contributed by atoms with E-state index in [0.29, 0.717) is 5.56 Å². The number of nitrogens with zero attached hydrogens (tertiary/aromatic N) is 2. The molecule has 0 radical (unpaired) electrons. The van der Waals surface area contributed by atoms with Gasteiger partial charge in [-0.15, -0.1) is 0 Å². The van der Waals surface area contributed by atoms with Crippen LogP contribution in [0.3, 0.4) is 0 Å². The summed E-state index contributed by atoms with van der Waals surface area (Å²) >= 11 is 0. The maximum Gasteiger partial charge on any atom is 0.252 e.